The third kappa shape index (κ3) is 3.76. The van der Waals surface area contributed by atoms with E-state index in [1.54, 1.807) is 16.7 Å². The van der Waals surface area contributed by atoms with Crippen molar-refractivity contribution in [3.05, 3.63) is 0 Å². The first-order valence-corrected chi connectivity index (χ1v) is 9.45. The summed E-state index contributed by atoms with van der Waals surface area (Å²) in [7, 11) is 0. The van der Waals surface area contributed by atoms with E-state index in [1.165, 1.54) is 6.42 Å². The summed E-state index contributed by atoms with van der Waals surface area (Å²) in [5.41, 5.74) is -0.469. The second-order valence-electron chi connectivity index (χ2n) is 7.72. The number of piperidine rings is 1. The largest absolute Gasteiger partial charge is 0.444 e. The van der Waals surface area contributed by atoms with Crippen LogP contribution < -0.4 is 5.32 Å². The Kier molecular flexibility index (Phi) is 4.53. The van der Waals surface area contributed by atoms with Gasteiger partial charge in [0.05, 0.1) is 19.1 Å². The average Bonchev–Trinajstić information content (AvgIpc) is 2.89. The van der Waals surface area contributed by atoms with E-state index >= 15 is 0 Å². The molecule has 0 aromatic rings. The molecule has 3 fully saturated rings. The topological polar surface area (TPSA) is 61.9 Å². The van der Waals surface area contributed by atoms with Crippen LogP contribution in [0.15, 0.2) is 0 Å². The SMILES string of the molecule is CC(C)(C)OC(=O)N1CC2(C1)N[C@H](C(=O)N1CCCCC1)CS2. The summed E-state index contributed by atoms with van der Waals surface area (Å²) in [6, 6.07) is -0.112. The van der Waals surface area contributed by atoms with Crippen molar-refractivity contribution in [2.24, 2.45) is 0 Å². The molecule has 0 saturated carbocycles. The van der Waals surface area contributed by atoms with Crippen molar-refractivity contribution in [1.29, 1.82) is 0 Å². The van der Waals surface area contributed by atoms with Gasteiger partial charge < -0.3 is 14.5 Å². The Balaban J connectivity index is 1.49. The third-order valence-corrected chi connectivity index (χ3v) is 5.90. The fourth-order valence-corrected chi connectivity index (χ4v) is 4.75. The van der Waals surface area contributed by atoms with Crippen LogP contribution in [0.2, 0.25) is 0 Å². The molecule has 1 atom stereocenters. The van der Waals surface area contributed by atoms with Gasteiger partial charge in [-0.15, -0.1) is 11.8 Å². The molecule has 3 aliphatic heterocycles. The monoisotopic (exact) mass is 341 g/mol. The van der Waals surface area contributed by atoms with Gasteiger partial charge in [0.2, 0.25) is 5.91 Å². The minimum Gasteiger partial charge on any atom is -0.444 e. The van der Waals surface area contributed by atoms with Crippen molar-refractivity contribution in [3.8, 4) is 0 Å². The number of nitrogens with one attached hydrogen (secondary N) is 1. The predicted octanol–water partition coefficient (Wildman–Crippen LogP) is 1.65. The van der Waals surface area contributed by atoms with Gasteiger partial charge in [-0.1, -0.05) is 0 Å². The molecule has 23 heavy (non-hydrogen) atoms. The van der Waals surface area contributed by atoms with Gasteiger partial charge in [-0.05, 0) is 40.0 Å². The normalized spacial score (nSPS) is 27.0. The maximum absolute atomic E-state index is 12.6. The number of carbonyl (C=O) groups is 2. The number of ether oxygens (including phenoxy) is 1. The molecule has 3 aliphatic rings. The summed E-state index contributed by atoms with van der Waals surface area (Å²) < 4.78 is 5.39. The first kappa shape index (κ1) is 16.9. The van der Waals surface area contributed by atoms with E-state index in [2.05, 4.69) is 5.32 Å². The highest BCUT2D eigenvalue weighted by Crippen LogP contribution is 2.39. The van der Waals surface area contributed by atoms with Gasteiger partial charge >= 0.3 is 6.09 Å². The summed E-state index contributed by atoms with van der Waals surface area (Å²) in [6.07, 6.45) is 3.19. The highest BCUT2D eigenvalue weighted by atomic mass is 32.2. The first-order chi connectivity index (χ1) is 10.8. The Morgan fingerprint density at radius 2 is 1.78 bits per heavy atom. The summed E-state index contributed by atoms with van der Waals surface area (Å²) in [5, 5.41) is 3.47. The second kappa shape index (κ2) is 6.16. The molecule has 130 valence electrons. The molecule has 3 saturated heterocycles. The van der Waals surface area contributed by atoms with Crippen LogP contribution in [0.3, 0.4) is 0 Å². The highest BCUT2D eigenvalue weighted by molar-refractivity contribution is 8.01. The minimum atomic E-state index is -0.469. The maximum atomic E-state index is 12.6. The molecule has 6 nitrogen and oxygen atoms in total. The quantitative estimate of drug-likeness (QED) is 0.786. The number of hydrogen-bond acceptors (Lipinski definition) is 5. The number of hydrogen-bond donors (Lipinski definition) is 1. The van der Waals surface area contributed by atoms with Crippen LogP contribution in [0.25, 0.3) is 0 Å². The zero-order chi connectivity index (χ0) is 16.7. The molecule has 0 unspecified atom stereocenters. The molecular formula is C16H27N3O3S. The lowest BCUT2D eigenvalue weighted by Gasteiger charge is -2.47. The van der Waals surface area contributed by atoms with E-state index in [0.717, 1.165) is 31.7 Å². The van der Waals surface area contributed by atoms with Gasteiger partial charge in [0.1, 0.15) is 10.5 Å². The van der Waals surface area contributed by atoms with E-state index in [9.17, 15) is 9.59 Å². The summed E-state index contributed by atoms with van der Waals surface area (Å²) in [4.78, 5) is 28.2. The van der Waals surface area contributed by atoms with Crippen molar-refractivity contribution in [3.63, 3.8) is 0 Å². The van der Waals surface area contributed by atoms with Gasteiger partial charge in [0.25, 0.3) is 0 Å². The zero-order valence-corrected chi connectivity index (χ0v) is 15.1. The highest BCUT2D eigenvalue weighted by Gasteiger charge is 2.53. The molecule has 0 aromatic heterocycles. The van der Waals surface area contributed by atoms with Crippen molar-refractivity contribution >= 4 is 23.8 Å². The van der Waals surface area contributed by atoms with E-state index in [-0.39, 0.29) is 22.9 Å². The Hall–Kier alpha value is -0.950. The van der Waals surface area contributed by atoms with E-state index < -0.39 is 5.60 Å². The van der Waals surface area contributed by atoms with Gasteiger partial charge in [-0.2, -0.15) is 0 Å². The molecule has 3 heterocycles. The molecule has 0 aromatic carbocycles. The van der Waals surface area contributed by atoms with E-state index in [4.69, 9.17) is 4.74 Å². The van der Waals surface area contributed by atoms with Crippen LogP contribution in [0, 0.1) is 0 Å². The zero-order valence-electron chi connectivity index (χ0n) is 14.3. The number of thioether (sulfide) groups is 1. The van der Waals surface area contributed by atoms with Crippen LogP contribution in [-0.4, -0.2) is 70.2 Å². The van der Waals surface area contributed by atoms with E-state index in [1.807, 2.05) is 25.7 Å². The molecule has 0 bridgehead atoms. The number of amides is 2. The minimum absolute atomic E-state index is 0.112. The Morgan fingerprint density at radius 3 is 2.39 bits per heavy atom. The molecule has 0 radical (unpaired) electrons. The van der Waals surface area contributed by atoms with Gasteiger partial charge in [0, 0.05) is 18.8 Å². The Bertz CT molecular complexity index is 479. The molecule has 0 aliphatic carbocycles. The Morgan fingerprint density at radius 1 is 1.13 bits per heavy atom. The third-order valence-electron chi connectivity index (χ3n) is 4.47. The Labute approximate surface area is 142 Å². The smallest absolute Gasteiger partial charge is 0.410 e. The van der Waals surface area contributed by atoms with Gasteiger partial charge in [0.15, 0.2) is 0 Å². The standard InChI is InChI=1S/C16H27N3O3S/c1-15(2,3)22-14(21)19-10-16(11-19)17-12(9-23-16)13(20)18-7-5-4-6-8-18/h12,17H,4-11H2,1-3H3/t12-/m0/s1. The van der Waals surface area contributed by atoms with Crippen LogP contribution in [-0.2, 0) is 9.53 Å². The van der Waals surface area contributed by atoms with Crippen LogP contribution in [0.1, 0.15) is 40.0 Å². The number of rotatable bonds is 1. The summed E-state index contributed by atoms with van der Waals surface area (Å²) >= 11 is 1.76. The molecule has 2 amide bonds. The summed E-state index contributed by atoms with van der Waals surface area (Å²) in [5.74, 6) is 1.02. The van der Waals surface area contributed by atoms with Gasteiger partial charge in [-0.3, -0.25) is 10.1 Å². The van der Waals surface area contributed by atoms with E-state index in [0.29, 0.717) is 13.1 Å². The fourth-order valence-electron chi connectivity index (χ4n) is 3.32. The second-order valence-corrected chi connectivity index (χ2v) is 9.13. The molecule has 1 spiro atoms. The lowest BCUT2D eigenvalue weighted by Crippen LogP contribution is -2.68. The van der Waals surface area contributed by atoms with Gasteiger partial charge in [-0.25, -0.2) is 4.79 Å². The van der Waals surface area contributed by atoms with Crippen LogP contribution >= 0.6 is 11.8 Å². The molecule has 1 N–H and O–H groups in total. The maximum Gasteiger partial charge on any atom is 0.410 e. The number of likely N-dealkylation sites (tertiary alicyclic amines) is 2. The first-order valence-electron chi connectivity index (χ1n) is 8.46. The lowest BCUT2D eigenvalue weighted by molar-refractivity contribution is -0.134. The average molecular weight is 341 g/mol. The molecule has 7 heteroatoms. The van der Waals surface area contributed by atoms with Crippen molar-refractivity contribution in [1.82, 2.24) is 15.1 Å². The predicted molar refractivity (Wildman–Crippen MR) is 90.4 cm³/mol. The van der Waals surface area contributed by atoms with Crippen molar-refractivity contribution in [2.75, 3.05) is 31.9 Å². The van der Waals surface area contributed by atoms with Crippen molar-refractivity contribution < 1.29 is 14.3 Å². The van der Waals surface area contributed by atoms with Crippen LogP contribution in [0.4, 0.5) is 4.79 Å². The summed E-state index contributed by atoms with van der Waals surface area (Å²) in [6.45, 7) is 8.60. The lowest BCUT2D eigenvalue weighted by atomic mass is 10.1. The number of carbonyl (C=O) groups excluding carboxylic acids is 2. The molecular weight excluding hydrogens is 314 g/mol. The molecule has 3 rings (SSSR count). The van der Waals surface area contributed by atoms with Crippen molar-refractivity contribution in [2.45, 2.75) is 56.5 Å². The van der Waals surface area contributed by atoms with Crippen LogP contribution in [0.5, 0.6) is 0 Å². The fraction of sp³-hybridized carbons (Fsp3) is 0.875. The number of nitrogens with zero attached hydrogens (tertiary/aromatic N) is 2.